The van der Waals surface area contributed by atoms with Crippen LogP contribution in [0.25, 0.3) is 11.7 Å². The first-order valence-electron chi connectivity index (χ1n) is 5.38. The SMILES string of the molecule is CC(O)CN(C)Cc1nnc(-c2ccco2)o1. The summed E-state index contributed by atoms with van der Waals surface area (Å²) in [5.41, 5.74) is 0. The van der Waals surface area contributed by atoms with E-state index in [0.29, 0.717) is 30.6 Å². The number of likely N-dealkylation sites (N-methyl/N-ethyl adjacent to an activating group) is 1. The third-order valence-corrected chi connectivity index (χ3v) is 2.18. The van der Waals surface area contributed by atoms with Crippen molar-refractivity contribution in [2.24, 2.45) is 0 Å². The molecule has 0 bridgehead atoms. The molecule has 0 aliphatic carbocycles. The molecule has 0 saturated carbocycles. The van der Waals surface area contributed by atoms with E-state index in [1.165, 1.54) is 0 Å². The molecule has 2 aromatic heterocycles. The van der Waals surface area contributed by atoms with Crippen molar-refractivity contribution >= 4 is 0 Å². The van der Waals surface area contributed by atoms with Gasteiger partial charge in [-0.05, 0) is 26.1 Å². The molecule has 1 unspecified atom stereocenters. The molecule has 0 aromatic carbocycles. The monoisotopic (exact) mass is 237 g/mol. The van der Waals surface area contributed by atoms with Crippen LogP contribution in [0.15, 0.2) is 27.2 Å². The Morgan fingerprint density at radius 3 is 2.94 bits per heavy atom. The van der Waals surface area contributed by atoms with Gasteiger partial charge < -0.3 is 13.9 Å². The van der Waals surface area contributed by atoms with Crippen molar-refractivity contribution < 1.29 is 13.9 Å². The molecule has 2 aromatic rings. The highest BCUT2D eigenvalue weighted by molar-refractivity contribution is 5.42. The number of rotatable bonds is 5. The van der Waals surface area contributed by atoms with Crippen molar-refractivity contribution in [1.82, 2.24) is 15.1 Å². The molecule has 6 heteroatoms. The highest BCUT2D eigenvalue weighted by Gasteiger charge is 2.12. The molecule has 0 aliphatic heterocycles. The molecule has 1 atom stereocenters. The summed E-state index contributed by atoms with van der Waals surface area (Å²) in [6.07, 6.45) is 1.17. The van der Waals surface area contributed by atoms with Crippen LogP contribution >= 0.6 is 0 Å². The van der Waals surface area contributed by atoms with Gasteiger partial charge in [-0.15, -0.1) is 10.2 Å². The highest BCUT2D eigenvalue weighted by atomic mass is 16.4. The van der Waals surface area contributed by atoms with Crippen molar-refractivity contribution in [3.8, 4) is 11.7 Å². The Bertz CT molecular complexity index is 450. The van der Waals surface area contributed by atoms with Gasteiger partial charge in [0.15, 0.2) is 5.76 Å². The first-order chi connectivity index (χ1) is 8.15. The Morgan fingerprint density at radius 2 is 2.29 bits per heavy atom. The molecule has 92 valence electrons. The minimum Gasteiger partial charge on any atom is -0.459 e. The fraction of sp³-hybridized carbons (Fsp3) is 0.455. The standard InChI is InChI=1S/C11H15N3O3/c1-8(15)6-14(2)7-10-12-13-11(17-10)9-4-3-5-16-9/h3-5,8,15H,6-7H2,1-2H3. The second-order valence-electron chi connectivity index (χ2n) is 4.02. The molecular weight excluding hydrogens is 222 g/mol. The summed E-state index contributed by atoms with van der Waals surface area (Å²) < 4.78 is 10.6. The molecule has 0 aliphatic rings. The number of aliphatic hydroxyl groups is 1. The molecule has 1 N–H and O–H groups in total. The van der Waals surface area contributed by atoms with E-state index >= 15 is 0 Å². The fourth-order valence-electron chi connectivity index (χ4n) is 1.56. The van der Waals surface area contributed by atoms with Gasteiger partial charge in [0.1, 0.15) is 0 Å². The number of aromatic nitrogens is 2. The summed E-state index contributed by atoms with van der Waals surface area (Å²) in [7, 11) is 1.88. The molecule has 2 rings (SSSR count). The van der Waals surface area contributed by atoms with E-state index < -0.39 is 0 Å². The molecular formula is C11H15N3O3. The van der Waals surface area contributed by atoms with Crippen LogP contribution in [-0.2, 0) is 6.54 Å². The van der Waals surface area contributed by atoms with Crippen molar-refractivity contribution in [3.05, 3.63) is 24.3 Å². The van der Waals surface area contributed by atoms with Crippen molar-refractivity contribution in [1.29, 1.82) is 0 Å². The van der Waals surface area contributed by atoms with Crippen LogP contribution in [0.3, 0.4) is 0 Å². The minimum absolute atomic E-state index is 0.371. The summed E-state index contributed by atoms with van der Waals surface area (Å²) in [5.74, 6) is 1.43. The van der Waals surface area contributed by atoms with Gasteiger partial charge in [0.2, 0.25) is 5.89 Å². The summed E-state index contributed by atoms with van der Waals surface area (Å²) in [4.78, 5) is 1.91. The number of nitrogens with zero attached hydrogens (tertiary/aromatic N) is 3. The van der Waals surface area contributed by atoms with Gasteiger partial charge in [0, 0.05) is 6.54 Å². The average Bonchev–Trinajstić information content (AvgIpc) is 2.84. The fourth-order valence-corrected chi connectivity index (χ4v) is 1.56. The van der Waals surface area contributed by atoms with E-state index in [9.17, 15) is 5.11 Å². The normalized spacial score (nSPS) is 13.2. The predicted molar refractivity (Wildman–Crippen MR) is 60.0 cm³/mol. The van der Waals surface area contributed by atoms with Gasteiger partial charge in [-0.2, -0.15) is 0 Å². The Hall–Kier alpha value is -1.66. The Kier molecular flexibility index (Phi) is 3.55. The molecule has 0 spiro atoms. The second kappa shape index (κ2) is 5.11. The van der Waals surface area contributed by atoms with E-state index in [4.69, 9.17) is 8.83 Å². The van der Waals surface area contributed by atoms with Crippen LogP contribution in [0.1, 0.15) is 12.8 Å². The first kappa shape index (κ1) is 11.8. The predicted octanol–water partition coefficient (Wildman–Crippen LogP) is 1.14. The number of hydrogen-bond donors (Lipinski definition) is 1. The highest BCUT2D eigenvalue weighted by Crippen LogP contribution is 2.18. The van der Waals surface area contributed by atoms with Crippen LogP contribution < -0.4 is 0 Å². The third-order valence-electron chi connectivity index (χ3n) is 2.18. The summed E-state index contributed by atoms with van der Waals surface area (Å²) >= 11 is 0. The summed E-state index contributed by atoms with van der Waals surface area (Å²) in [6.45, 7) is 2.79. The third kappa shape index (κ3) is 3.15. The van der Waals surface area contributed by atoms with E-state index in [1.807, 2.05) is 11.9 Å². The number of aliphatic hydroxyl groups excluding tert-OH is 1. The van der Waals surface area contributed by atoms with Crippen molar-refractivity contribution in [2.75, 3.05) is 13.6 Å². The van der Waals surface area contributed by atoms with Crippen LogP contribution in [0.5, 0.6) is 0 Å². The Morgan fingerprint density at radius 1 is 1.47 bits per heavy atom. The van der Waals surface area contributed by atoms with Crippen LogP contribution in [0.4, 0.5) is 0 Å². The van der Waals surface area contributed by atoms with Gasteiger partial charge in [0.05, 0.1) is 18.9 Å². The lowest BCUT2D eigenvalue weighted by atomic mass is 10.4. The van der Waals surface area contributed by atoms with Gasteiger partial charge in [0.25, 0.3) is 5.89 Å². The average molecular weight is 237 g/mol. The maximum absolute atomic E-state index is 9.23. The molecule has 0 radical (unpaired) electrons. The first-order valence-corrected chi connectivity index (χ1v) is 5.38. The Balaban J connectivity index is 1.99. The number of furan rings is 1. The Labute approximate surface area is 98.9 Å². The molecule has 0 saturated heterocycles. The van der Waals surface area contributed by atoms with E-state index in [1.54, 1.807) is 25.3 Å². The van der Waals surface area contributed by atoms with E-state index in [0.717, 1.165) is 0 Å². The maximum atomic E-state index is 9.23. The van der Waals surface area contributed by atoms with E-state index in [2.05, 4.69) is 10.2 Å². The van der Waals surface area contributed by atoms with Crippen molar-refractivity contribution in [2.45, 2.75) is 19.6 Å². The summed E-state index contributed by atoms with van der Waals surface area (Å²) in [5, 5.41) is 17.0. The van der Waals surface area contributed by atoms with Gasteiger partial charge in [-0.3, -0.25) is 4.90 Å². The molecule has 2 heterocycles. The van der Waals surface area contributed by atoms with Crippen LogP contribution in [0, 0.1) is 0 Å². The largest absolute Gasteiger partial charge is 0.459 e. The van der Waals surface area contributed by atoms with Gasteiger partial charge in [-0.1, -0.05) is 0 Å². The molecule has 0 amide bonds. The minimum atomic E-state index is -0.382. The zero-order valence-electron chi connectivity index (χ0n) is 9.83. The summed E-state index contributed by atoms with van der Waals surface area (Å²) in [6, 6.07) is 3.52. The van der Waals surface area contributed by atoms with Crippen LogP contribution in [0.2, 0.25) is 0 Å². The smallest absolute Gasteiger partial charge is 0.283 e. The lowest BCUT2D eigenvalue weighted by Crippen LogP contribution is -2.26. The zero-order valence-corrected chi connectivity index (χ0v) is 9.83. The topological polar surface area (TPSA) is 75.5 Å². The molecule has 17 heavy (non-hydrogen) atoms. The quantitative estimate of drug-likeness (QED) is 0.840. The second-order valence-corrected chi connectivity index (χ2v) is 4.02. The van der Waals surface area contributed by atoms with E-state index in [-0.39, 0.29) is 6.10 Å². The lowest BCUT2D eigenvalue weighted by molar-refractivity contribution is 0.133. The van der Waals surface area contributed by atoms with Crippen molar-refractivity contribution in [3.63, 3.8) is 0 Å². The van der Waals surface area contributed by atoms with Gasteiger partial charge in [-0.25, -0.2) is 0 Å². The van der Waals surface area contributed by atoms with Crippen LogP contribution in [-0.4, -0.2) is 39.9 Å². The lowest BCUT2D eigenvalue weighted by Gasteiger charge is -2.15. The van der Waals surface area contributed by atoms with Gasteiger partial charge >= 0.3 is 0 Å². The maximum Gasteiger partial charge on any atom is 0.283 e. The zero-order chi connectivity index (χ0) is 12.3. The molecule has 0 fully saturated rings. The molecule has 6 nitrogen and oxygen atoms in total. The number of hydrogen-bond acceptors (Lipinski definition) is 6.